The summed E-state index contributed by atoms with van der Waals surface area (Å²) in [4.78, 5) is 5.34. The zero-order valence-corrected chi connectivity index (χ0v) is 10.0. The maximum Gasteiger partial charge on any atom is 0.268 e. The third-order valence-corrected chi connectivity index (χ3v) is 3.87. The summed E-state index contributed by atoms with van der Waals surface area (Å²) in [6, 6.07) is 3.74. The van der Waals surface area contributed by atoms with Crippen molar-refractivity contribution >= 4 is 22.9 Å². The van der Waals surface area contributed by atoms with Gasteiger partial charge in [-0.3, -0.25) is 0 Å². The molecule has 0 spiro atoms. The summed E-state index contributed by atoms with van der Waals surface area (Å²) in [5.74, 6) is 1.75. The fraction of sp³-hybridized carbons (Fsp3) is 0.400. The highest BCUT2D eigenvalue weighted by molar-refractivity contribution is 7.19. The van der Waals surface area contributed by atoms with Crippen LogP contribution in [0.2, 0.25) is 4.34 Å². The lowest BCUT2D eigenvalue weighted by Gasteiger charge is -1.98. The van der Waals surface area contributed by atoms with Gasteiger partial charge in [0.05, 0.1) is 9.21 Å². The fourth-order valence-electron chi connectivity index (χ4n) is 1.81. The number of aromatic nitrogens is 2. The van der Waals surface area contributed by atoms with Crippen molar-refractivity contribution in [3.8, 4) is 10.8 Å². The number of nitrogens with one attached hydrogen (secondary N) is 1. The summed E-state index contributed by atoms with van der Waals surface area (Å²) in [6.07, 6.45) is 1.07. The zero-order valence-electron chi connectivity index (χ0n) is 8.44. The van der Waals surface area contributed by atoms with E-state index in [0.717, 1.165) is 34.5 Å². The zero-order chi connectivity index (χ0) is 11.0. The maximum absolute atomic E-state index is 5.86. The van der Waals surface area contributed by atoms with Crippen LogP contribution in [0.15, 0.2) is 16.7 Å². The summed E-state index contributed by atoms with van der Waals surface area (Å²) in [5, 5.41) is 7.31. The smallest absolute Gasteiger partial charge is 0.268 e. The molecule has 1 N–H and O–H groups in total. The molecule has 2 aromatic rings. The van der Waals surface area contributed by atoms with Crippen molar-refractivity contribution in [2.75, 3.05) is 13.1 Å². The summed E-state index contributed by atoms with van der Waals surface area (Å²) >= 11 is 7.31. The van der Waals surface area contributed by atoms with Gasteiger partial charge in [-0.2, -0.15) is 4.98 Å². The first-order valence-electron chi connectivity index (χ1n) is 5.13. The van der Waals surface area contributed by atoms with Gasteiger partial charge in [0.15, 0.2) is 5.82 Å². The SMILES string of the molecule is Clc1ccc(-c2nc(C3CCNC3)no2)s1. The Morgan fingerprint density at radius 2 is 2.44 bits per heavy atom. The van der Waals surface area contributed by atoms with Gasteiger partial charge >= 0.3 is 0 Å². The van der Waals surface area contributed by atoms with Gasteiger partial charge in [0, 0.05) is 12.5 Å². The van der Waals surface area contributed by atoms with E-state index in [0.29, 0.717) is 11.8 Å². The molecule has 84 valence electrons. The number of nitrogens with zero attached hydrogens (tertiary/aromatic N) is 2. The Labute approximate surface area is 102 Å². The Morgan fingerprint density at radius 3 is 3.12 bits per heavy atom. The molecule has 0 bridgehead atoms. The molecule has 0 radical (unpaired) electrons. The Kier molecular flexibility index (Phi) is 2.67. The molecule has 0 saturated carbocycles. The van der Waals surface area contributed by atoms with Crippen LogP contribution in [0, 0.1) is 0 Å². The molecule has 1 fully saturated rings. The average molecular weight is 256 g/mol. The predicted octanol–water partition coefficient (Wildman–Crippen LogP) is 2.53. The van der Waals surface area contributed by atoms with Gasteiger partial charge in [0.25, 0.3) is 5.89 Å². The van der Waals surface area contributed by atoms with E-state index in [-0.39, 0.29) is 0 Å². The summed E-state index contributed by atoms with van der Waals surface area (Å²) in [6.45, 7) is 1.96. The van der Waals surface area contributed by atoms with Crippen molar-refractivity contribution in [3.05, 3.63) is 22.3 Å². The molecule has 1 aliphatic rings. The lowest BCUT2D eigenvalue weighted by molar-refractivity contribution is 0.418. The Balaban J connectivity index is 1.87. The number of rotatable bonds is 2. The minimum Gasteiger partial charge on any atom is -0.333 e. The largest absolute Gasteiger partial charge is 0.333 e. The Bertz CT molecular complexity index is 490. The van der Waals surface area contributed by atoms with Crippen molar-refractivity contribution in [1.29, 1.82) is 0 Å². The van der Waals surface area contributed by atoms with Crippen LogP contribution in [0.25, 0.3) is 10.8 Å². The van der Waals surface area contributed by atoms with E-state index in [1.807, 2.05) is 12.1 Å². The van der Waals surface area contributed by atoms with Crippen molar-refractivity contribution in [3.63, 3.8) is 0 Å². The molecule has 0 aliphatic carbocycles. The average Bonchev–Trinajstić information content (AvgIpc) is 2.97. The van der Waals surface area contributed by atoms with Gasteiger partial charge < -0.3 is 9.84 Å². The van der Waals surface area contributed by atoms with Crippen molar-refractivity contribution < 1.29 is 4.52 Å². The normalized spacial score (nSPS) is 20.4. The number of hydrogen-bond donors (Lipinski definition) is 1. The highest BCUT2D eigenvalue weighted by Gasteiger charge is 2.22. The van der Waals surface area contributed by atoms with E-state index in [4.69, 9.17) is 16.1 Å². The first-order valence-corrected chi connectivity index (χ1v) is 6.32. The molecule has 1 atom stereocenters. The molecule has 6 heteroatoms. The third-order valence-electron chi connectivity index (χ3n) is 2.65. The maximum atomic E-state index is 5.86. The fourth-order valence-corrected chi connectivity index (χ4v) is 2.77. The second-order valence-electron chi connectivity index (χ2n) is 3.75. The molecule has 16 heavy (non-hydrogen) atoms. The lowest BCUT2D eigenvalue weighted by atomic mass is 10.1. The number of hydrogen-bond acceptors (Lipinski definition) is 5. The quantitative estimate of drug-likeness (QED) is 0.896. The van der Waals surface area contributed by atoms with Crippen molar-refractivity contribution in [2.24, 2.45) is 0 Å². The van der Waals surface area contributed by atoms with Crippen LogP contribution in [-0.4, -0.2) is 23.2 Å². The van der Waals surface area contributed by atoms with Crippen LogP contribution in [0.3, 0.4) is 0 Å². The van der Waals surface area contributed by atoms with Crippen LogP contribution in [0.1, 0.15) is 18.2 Å². The van der Waals surface area contributed by atoms with Crippen molar-refractivity contribution in [2.45, 2.75) is 12.3 Å². The van der Waals surface area contributed by atoms with Crippen molar-refractivity contribution in [1.82, 2.24) is 15.5 Å². The first kappa shape index (κ1) is 10.3. The van der Waals surface area contributed by atoms with E-state index >= 15 is 0 Å². The topological polar surface area (TPSA) is 51.0 Å². The van der Waals surface area contributed by atoms with Gasteiger partial charge in [-0.25, -0.2) is 0 Å². The summed E-state index contributed by atoms with van der Waals surface area (Å²) in [7, 11) is 0. The van der Waals surface area contributed by atoms with Crippen LogP contribution in [-0.2, 0) is 0 Å². The number of thiophene rings is 1. The van der Waals surface area contributed by atoms with Gasteiger partial charge in [-0.1, -0.05) is 16.8 Å². The highest BCUT2D eigenvalue weighted by Crippen LogP contribution is 2.31. The van der Waals surface area contributed by atoms with Crippen LogP contribution in [0.5, 0.6) is 0 Å². The molecular formula is C10H10ClN3OS. The Hall–Kier alpha value is -0.910. The number of halogens is 1. The van der Waals surface area contributed by atoms with E-state index in [2.05, 4.69) is 15.5 Å². The molecule has 0 aromatic carbocycles. The molecule has 3 rings (SSSR count). The minimum absolute atomic E-state index is 0.382. The van der Waals surface area contributed by atoms with Gasteiger partial charge in [0.2, 0.25) is 0 Å². The minimum atomic E-state index is 0.382. The van der Waals surface area contributed by atoms with E-state index < -0.39 is 0 Å². The second kappa shape index (κ2) is 4.16. The second-order valence-corrected chi connectivity index (χ2v) is 5.47. The molecule has 1 saturated heterocycles. The van der Waals surface area contributed by atoms with E-state index in [1.54, 1.807) is 0 Å². The molecule has 2 aromatic heterocycles. The monoisotopic (exact) mass is 255 g/mol. The molecule has 4 nitrogen and oxygen atoms in total. The standard InChI is InChI=1S/C10H10ClN3OS/c11-8-2-1-7(16-8)10-13-9(14-15-10)6-3-4-12-5-6/h1-2,6,12H,3-5H2. The Morgan fingerprint density at radius 1 is 1.50 bits per heavy atom. The summed E-state index contributed by atoms with van der Waals surface area (Å²) < 4.78 is 5.97. The first-order chi connectivity index (χ1) is 7.83. The van der Waals surface area contributed by atoms with Gasteiger partial charge in [-0.15, -0.1) is 11.3 Å². The summed E-state index contributed by atoms with van der Waals surface area (Å²) in [5.41, 5.74) is 0. The lowest BCUT2D eigenvalue weighted by Crippen LogP contribution is -2.08. The highest BCUT2D eigenvalue weighted by atomic mass is 35.5. The van der Waals surface area contributed by atoms with Gasteiger partial charge in [0.1, 0.15) is 0 Å². The van der Waals surface area contributed by atoms with Crippen LogP contribution in [0.4, 0.5) is 0 Å². The molecule has 0 amide bonds. The van der Waals surface area contributed by atoms with Crippen LogP contribution >= 0.6 is 22.9 Å². The van der Waals surface area contributed by atoms with Gasteiger partial charge in [-0.05, 0) is 25.1 Å². The predicted molar refractivity (Wildman–Crippen MR) is 62.8 cm³/mol. The molecular weight excluding hydrogens is 246 g/mol. The molecule has 3 heterocycles. The molecule has 1 unspecified atom stereocenters. The van der Waals surface area contributed by atoms with E-state index in [9.17, 15) is 0 Å². The van der Waals surface area contributed by atoms with Crippen LogP contribution < -0.4 is 5.32 Å². The third kappa shape index (κ3) is 1.86. The molecule has 1 aliphatic heterocycles. The van der Waals surface area contributed by atoms with E-state index in [1.165, 1.54) is 11.3 Å².